The van der Waals surface area contributed by atoms with E-state index in [-0.39, 0.29) is 5.54 Å². The summed E-state index contributed by atoms with van der Waals surface area (Å²) in [5.74, 6) is 2.04. The van der Waals surface area contributed by atoms with E-state index in [9.17, 15) is 0 Å². The van der Waals surface area contributed by atoms with Crippen molar-refractivity contribution in [3.63, 3.8) is 0 Å². The minimum absolute atomic E-state index is 0.131. The Kier molecular flexibility index (Phi) is 4.04. The van der Waals surface area contributed by atoms with E-state index in [4.69, 9.17) is 19.6 Å². The first-order valence-electron chi connectivity index (χ1n) is 10.7. The van der Waals surface area contributed by atoms with Gasteiger partial charge in [-0.3, -0.25) is 5.10 Å². The van der Waals surface area contributed by atoms with Crippen molar-refractivity contribution in [1.29, 1.82) is 0 Å². The summed E-state index contributed by atoms with van der Waals surface area (Å²) in [4.78, 5) is 9.86. The third-order valence-corrected chi connectivity index (χ3v) is 6.52. The highest BCUT2D eigenvalue weighted by Crippen LogP contribution is 2.35. The van der Waals surface area contributed by atoms with Crippen molar-refractivity contribution in [2.24, 2.45) is 0 Å². The van der Waals surface area contributed by atoms with E-state index < -0.39 is 0 Å². The van der Waals surface area contributed by atoms with Crippen molar-refractivity contribution in [3.8, 4) is 11.3 Å². The monoisotopic (exact) mass is 409 g/mol. The molecule has 0 aliphatic carbocycles. The van der Waals surface area contributed by atoms with Gasteiger partial charge in [-0.25, -0.2) is 4.98 Å². The molecule has 2 bridgehead atoms. The summed E-state index contributed by atoms with van der Waals surface area (Å²) < 4.78 is 13.8. The van der Waals surface area contributed by atoms with E-state index in [2.05, 4.69) is 39.9 Å². The zero-order valence-corrected chi connectivity index (χ0v) is 17.4. The topological polar surface area (TPSA) is 83.8 Å². The molecule has 6 heterocycles. The van der Waals surface area contributed by atoms with Gasteiger partial charge in [0.15, 0.2) is 5.65 Å². The standard InChI is InChI=1S/C21H27N7O2/c1-21(2)13-29-8-7-27(21)19-9-18(26-11-14-3-4-15(12-26)30-14)24-20-16(10-23-28(19)20)17-5-6-22-25-17/h5-6,9-10,14-15H,3-4,7-8,11-13H2,1-2H3,(H,22,25). The fourth-order valence-electron chi connectivity index (χ4n) is 4.97. The molecule has 1 N–H and O–H groups in total. The lowest BCUT2D eigenvalue weighted by molar-refractivity contribution is 0.0302. The Morgan fingerprint density at radius 3 is 2.77 bits per heavy atom. The molecule has 3 saturated heterocycles. The third-order valence-electron chi connectivity index (χ3n) is 6.52. The Hall–Kier alpha value is -2.65. The van der Waals surface area contributed by atoms with Crippen LogP contribution < -0.4 is 9.80 Å². The number of nitrogens with zero attached hydrogens (tertiary/aromatic N) is 6. The van der Waals surface area contributed by atoms with Crippen LogP contribution in [0.25, 0.3) is 16.9 Å². The van der Waals surface area contributed by atoms with Crippen molar-refractivity contribution < 1.29 is 9.47 Å². The Morgan fingerprint density at radius 2 is 2.03 bits per heavy atom. The maximum atomic E-state index is 6.06. The van der Waals surface area contributed by atoms with Crippen LogP contribution in [0.5, 0.6) is 0 Å². The second-order valence-electron chi connectivity index (χ2n) is 9.12. The molecular weight excluding hydrogens is 382 g/mol. The highest BCUT2D eigenvalue weighted by Gasteiger charge is 2.36. The number of aromatic amines is 1. The number of anilines is 2. The van der Waals surface area contributed by atoms with Crippen LogP contribution >= 0.6 is 0 Å². The number of ether oxygens (including phenoxy) is 2. The van der Waals surface area contributed by atoms with Gasteiger partial charge in [0.25, 0.3) is 0 Å². The van der Waals surface area contributed by atoms with Gasteiger partial charge < -0.3 is 19.3 Å². The van der Waals surface area contributed by atoms with Gasteiger partial charge in [0.05, 0.1) is 48.4 Å². The predicted octanol–water partition coefficient (Wildman–Crippen LogP) is 2.10. The molecule has 3 fully saturated rings. The molecule has 0 aromatic carbocycles. The fourth-order valence-corrected chi connectivity index (χ4v) is 4.97. The Morgan fingerprint density at radius 1 is 1.20 bits per heavy atom. The normalized spacial score (nSPS) is 25.9. The van der Waals surface area contributed by atoms with Gasteiger partial charge in [0, 0.05) is 31.9 Å². The molecule has 0 spiro atoms. The van der Waals surface area contributed by atoms with Gasteiger partial charge in [0.2, 0.25) is 0 Å². The van der Waals surface area contributed by atoms with Crippen molar-refractivity contribution in [3.05, 3.63) is 24.5 Å². The Labute approximate surface area is 175 Å². The molecule has 9 heteroatoms. The molecule has 9 nitrogen and oxygen atoms in total. The number of rotatable bonds is 3. The maximum Gasteiger partial charge on any atom is 0.169 e. The first-order valence-corrected chi connectivity index (χ1v) is 10.7. The summed E-state index contributed by atoms with van der Waals surface area (Å²) >= 11 is 0. The molecule has 158 valence electrons. The number of morpholine rings is 2. The van der Waals surface area contributed by atoms with Crippen LogP contribution in [0.1, 0.15) is 26.7 Å². The molecular formula is C21H27N7O2. The molecule has 2 atom stereocenters. The molecule has 2 unspecified atom stereocenters. The van der Waals surface area contributed by atoms with Crippen molar-refractivity contribution >= 4 is 17.3 Å². The van der Waals surface area contributed by atoms with Crippen LogP contribution in [0.4, 0.5) is 11.6 Å². The van der Waals surface area contributed by atoms with Crippen LogP contribution in [0.15, 0.2) is 24.5 Å². The van der Waals surface area contributed by atoms with E-state index in [1.807, 2.05) is 16.8 Å². The van der Waals surface area contributed by atoms with Gasteiger partial charge in [-0.15, -0.1) is 0 Å². The number of nitrogens with one attached hydrogen (secondary N) is 1. The second kappa shape index (κ2) is 6.68. The molecule has 3 aromatic rings. The highest BCUT2D eigenvalue weighted by molar-refractivity contribution is 5.77. The van der Waals surface area contributed by atoms with Gasteiger partial charge >= 0.3 is 0 Å². The molecule has 0 amide bonds. The average Bonchev–Trinajstić information content (AvgIpc) is 3.47. The molecule has 3 aromatic heterocycles. The van der Waals surface area contributed by atoms with E-state index >= 15 is 0 Å². The molecule has 0 radical (unpaired) electrons. The van der Waals surface area contributed by atoms with Crippen LogP contribution in [-0.4, -0.2) is 75.4 Å². The van der Waals surface area contributed by atoms with E-state index in [1.54, 1.807) is 6.20 Å². The first-order chi connectivity index (χ1) is 14.6. The number of hydrogen-bond donors (Lipinski definition) is 1. The smallest absolute Gasteiger partial charge is 0.169 e. The Bertz CT molecular complexity index is 1050. The van der Waals surface area contributed by atoms with E-state index in [0.29, 0.717) is 25.4 Å². The summed E-state index contributed by atoms with van der Waals surface area (Å²) in [6.45, 7) is 8.41. The maximum absolute atomic E-state index is 6.06. The van der Waals surface area contributed by atoms with Gasteiger partial charge in [0.1, 0.15) is 11.6 Å². The largest absolute Gasteiger partial charge is 0.377 e. The number of aromatic nitrogens is 5. The minimum atomic E-state index is -0.131. The fraction of sp³-hybridized carbons (Fsp3) is 0.571. The molecule has 3 aliphatic heterocycles. The number of fused-ring (bicyclic) bond motifs is 3. The third kappa shape index (κ3) is 2.87. The van der Waals surface area contributed by atoms with Crippen molar-refractivity contribution in [2.75, 3.05) is 42.6 Å². The summed E-state index contributed by atoms with van der Waals surface area (Å²) in [6.07, 6.45) is 6.52. The summed E-state index contributed by atoms with van der Waals surface area (Å²) in [7, 11) is 0. The summed E-state index contributed by atoms with van der Waals surface area (Å²) in [5.41, 5.74) is 2.59. The summed E-state index contributed by atoms with van der Waals surface area (Å²) in [5, 5.41) is 11.9. The van der Waals surface area contributed by atoms with Crippen molar-refractivity contribution in [1.82, 2.24) is 24.8 Å². The van der Waals surface area contributed by atoms with Crippen molar-refractivity contribution in [2.45, 2.75) is 44.4 Å². The van der Waals surface area contributed by atoms with Crippen LogP contribution in [0.3, 0.4) is 0 Å². The van der Waals surface area contributed by atoms with Crippen LogP contribution in [0.2, 0.25) is 0 Å². The lowest BCUT2D eigenvalue weighted by atomic mass is 10.0. The summed E-state index contributed by atoms with van der Waals surface area (Å²) in [6, 6.07) is 4.15. The molecule has 6 rings (SSSR count). The molecule has 30 heavy (non-hydrogen) atoms. The Balaban J connectivity index is 1.51. The minimum Gasteiger partial charge on any atom is -0.377 e. The second-order valence-corrected chi connectivity index (χ2v) is 9.12. The molecule has 3 aliphatic rings. The van der Waals surface area contributed by atoms with E-state index in [1.165, 1.54) is 0 Å². The molecule has 0 saturated carbocycles. The quantitative estimate of drug-likeness (QED) is 0.709. The highest BCUT2D eigenvalue weighted by atomic mass is 16.5. The first kappa shape index (κ1) is 18.1. The zero-order chi connectivity index (χ0) is 20.3. The zero-order valence-electron chi connectivity index (χ0n) is 17.4. The van der Waals surface area contributed by atoms with Gasteiger partial charge in [-0.1, -0.05) is 0 Å². The van der Waals surface area contributed by atoms with Crippen LogP contribution in [-0.2, 0) is 9.47 Å². The van der Waals surface area contributed by atoms with Gasteiger partial charge in [-0.2, -0.15) is 14.7 Å². The van der Waals surface area contributed by atoms with E-state index in [0.717, 1.165) is 61.0 Å². The van der Waals surface area contributed by atoms with Gasteiger partial charge in [-0.05, 0) is 32.8 Å². The lowest BCUT2D eigenvalue weighted by Gasteiger charge is -2.43. The lowest BCUT2D eigenvalue weighted by Crippen LogP contribution is -2.54. The average molecular weight is 409 g/mol. The SMILES string of the molecule is CC1(C)COCCN1c1cc(N2CC3CCC(C2)O3)nc2c(-c3ccn[nH]3)cnn12. The number of H-pyrrole nitrogens is 1. The number of hydrogen-bond acceptors (Lipinski definition) is 7. The van der Waals surface area contributed by atoms with Crippen LogP contribution in [0, 0.1) is 0 Å². The predicted molar refractivity (Wildman–Crippen MR) is 113 cm³/mol.